The number of likely N-dealkylation sites (N-methyl/N-ethyl adjacent to an activating group) is 1. The third-order valence-electron chi connectivity index (χ3n) is 2.76. The molecule has 2 rings (SSSR count). The van der Waals surface area contributed by atoms with Gasteiger partial charge in [0.05, 0.1) is 12.1 Å². The van der Waals surface area contributed by atoms with Gasteiger partial charge >= 0.3 is 0 Å². The Labute approximate surface area is 78.8 Å². The molecule has 2 nitrogen and oxygen atoms in total. The molecular formula is C11H15NO. The Bertz CT molecular complexity index is 263. The summed E-state index contributed by atoms with van der Waals surface area (Å²) < 4.78 is 0. The zero-order valence-electron chi connectivity index (χ0n) is 7.85. The average Bonchev–Trinajstić information content (AvgIpc) is 2.48. The lowest BCUT2D eigenvalue weighted by Crippen LogP contribution is -2.23. The SMILES string of the molecule is CN1CCC(O)[C@@H]1c1ccccc1. The van der Waals surface area contributed by atoms with Crippen LogP contribution in [0.4, 0.5) is 0 Å². The second kappa shape index (κ2) is 3.48. The van der Waals surface area contributed by atoms with E-state index < -0.39 is 0 Å². The number of likely N-dealkylation sites (tertiary alicyclic amines) is 1. The zero-order chi connectivity index (χ0) is 9.26. The molecule has 0 saturated carbocycles. The Morgan fingerprint density at radius 2 is 2.00 bits per heavy atom. The highest BCUT2D eigenvalue weighted by Gasteiger charge is 2.30. The number of aliphatic hydroxyl groups is 1. The van der Waals surface area contributed by atoms with E-state index in [4.69, 9.17) is 0 Å². The summed E-state index contributed by atoms with van der Waals surface area (Å²) in [5.74, 6) is 0. The summed E-state index contributed by atoms with van der Waals surface area (Å²) in [4.78, 5) is 2.21. The average molecular weight is 177 g/mol. The van der Waals surface area contributed by atoms with Crippen LogP contribution in [-0.4, -0.2) is 29.7 Å². The maximum atomic E-state index is 9.77. The third-order valence-corrected chi connectivity index (χ3v) is 2.76. The lowest BCUT2D eigenvalue weighted by Gasteiger charge is -2.22. The van der Waals surface area contributed by atoms with Crippen molar-refractivity contribution in [3.8, 4) is 0 Å². The Balaban J connectivity index is 2.25. The molecule has 0 spiro atoms. The number of nitrogens with zero attached hydrogens (tertiary/aromatic N) is 1. The monoisotopic (exact) mass is 177 g/mol. The predicted octanol–water partition coefficient (Wildman–Crippen LogP) is 1.42. The van der Waals surface area contributed by atoms with Gasteiger partial charge in [-0.25, -0.2) is 0 Å². The molecule has 2 atom stereocenters. The molecule has 0 radical (unpaired) electrons. The van der Waals surface area contributed by atoms with Crippen molar-refractivity contribution in [2.45, 2.75) is 18.6 Å². The molecule has 0 bridgehead atoms. The molecular weight excluding hydrogens is 162 g/mol. The van der Waals surface area contributed by atoms with Crippen molar-refractivity contribution in [3.63, 3.8) is 0 Å². The topological polar surface area (TPSA) is 23.5 Å². The van der Waals surface area contributed by atoms with Gasteiger partial charge in [0.15, 0.2) is 0 Å². The van der Waals surface area contributed by atoms with Crippen molar-refractivity contribution in [1.82, 2.24) is 4.90 Å². The number of benzene rings is 1. The fourth-order valence-electron chi connectivity index (χ4n) is 2.05. The van der Waals surface area contributed by atoms with Crippen molar-refractivity contribution in [3.05, 3.63) is 35.9 Å². The van der Waals surface area contributed by atoms with Crippen molar-refractivity contribution in [2.75, 3.05) is 13.6 Å². The highest BCUT2D eigenvalue weighted by atomic mass is 16.3. The first kappa shape index (κ1) is 8.73. The second-order valence-corrected chi connectivity index (χ2v) is 3.69. The van der Waals surface area contributed by atoms with Crippen LogP contribution < -0.4 is 0 Å². The minimum absolute atomic E-state index is 0.196. The van der Waals surface area contributed by atoms with E-state index in [0.29, 0.717) is 0 Å². The van der Waals surface area contributed by atoms with E-state index in [1.54, 1.807) is 0 Å². The summed E-state index contributed by atoms with van der Waals surface area (Å²) in [6.45, 7) is 0.987. The van der Waals surface area contributed by atoms with Gasteiger partial charge in [0.25, 0.3) is 0 Å². The van der Waals surface area contributed by atoms with E-state index in [-0.39, 0.29) is 12.1 Å². The van der Waals surface area contributed by atoms with Crippen molar-refractivity contribution < 1.29 is 5.11 Å². The molecule has 0 aromatic heterocycles. The van der Waals surface area contributed by atoms with Gasteiger partial charge in [-0.3, -0.25) is 4.90 Å². The molecule has 1 aromatic rings. The maximum Gasteiger partial charge on any atom is 0.0749 e. The van der Waals surface area contributed by atoms with Crippen LogP contribution in [0.15, 0.2) is 30.3 Å². The zero-order valence-corrected chi connectivity index (χ0v) is 7.85. The lowest BCUT2D eigenvalue weighted by atomic mass is 10.0. The molecule has 1 aliphatic heterocycles. The molecule has 0 aliphatic carbocycles. The highest BCUT2D eigenvalue weighted by Crippen LogP contribution is 2.30. The number of hydrogen-bond acceptors (Lipinski definition) is 2. The molecule has 70 valence electrons. The molecule has 1 fully saturated rings. The fourth-order valence-corrected chi connectivity index (χ4v) is 2.05. The molecule has 1 saturated heterocycles. The van der Waals surface area contributed by atoms with Crippen LogP contribution in [0.1, 0.15) is 18.0 Å². The maximum absolute atomic E-state index is 9.77. The molecule has 1 unspecified atom stereocenters. The minimum atomic E-state index is -0.201. The van der Waals surface area contributed by atoms with Crippen LogP contribution in [0.5, 0.6) is 0 Å². The number of rotatable bonds is 1. The first-order chi connectivity index (χ1) is 6.29. The van der Waals surface area contributed by atoms with E-state index in [1.807, 2.05) is 18.2 Å². The summed E-state index contributed by atoms with van der Waals surface area (Å²) in [5.41, 5.74) is 1.22. The van der Waals surface area contributed by atoms with E-state index in [2.05, 4.69) is 24.1 Å². The first-order valence-corrected chi connectivity index (χ1v) is 4.72. The largest absolute Gasteiger partial charge is 0.391 e. The summed E-state index contributed by atoms with van der Waals surface area (Å²) in [5, 5.41) is 9.77. The van der Waals surface area contributed by atoms with E-state index in [0.717, 1.165) is 13.0 Å². The van der Waals surface area contributed by atoms with Crippen molar-refractivity contribution in [2.24, 2.45) is 0 Å². The van der Waals surface area contributed by atoms with Gasteiger partial charge in [0.2, 0.25) is 0 Å². The van der Waals surface area contributed by atoms with Gasteiger partial charge in [-0.15, -0.1) is 0 Å². The summed E-state index contributed by atoms with van der Waals surface area (Å²) in [7, 11) is 2.06. The van der Waals surface area contributed by atoms with Crippen LogP contribution in [0, 0.1) is 0 Å². The van der Waals surface area contributed by atoms with Crippen LogP contribution in [-0.2, 0) is 0 Å². The van der Waals surface area contributed by atoms with Gasteiger partial charge in [-0.1, -0.05) is 30.3 Å². The summed E-state index contributed by atoms with van der Waals surface area (Å²) in [6.07, 6.45) is 0.683. The van der Waals surface area contributed by atoms with Crippen LogP contribution in [0.3, 0.4) is 0 Å². The van der Waals surface area contributed by atoms with Crippen molar-refractivity contribution >= 4 is 0 Å². The molecule has 2 heteroatoms. The highest BCUT2D eigenvalue weighted by molar-refractivity contribution is 5.21. The fraction of sp³-hybridized carbons (Fsp3) is 0.455. The van der Waals surface area contributed by atoms with Gasteiger partial charge in [-0.05, 0) is 19.0 Å². The lowest BCUT2D eigenvalue weighted by molar-refractivity contribution is 0.127. The smallest absolute Gasteiger partial charge is 0.0749 e. The Hall–Kier alpha value is -0.860. The molecule has 1 aliphatic rings. The standard InChI is InChI=1S/C11H15NO/c1-12-8-7-10(13)11(12)9-5-3-2-4-6-9/h2-6,10-11,13H,7-8H2,1H3/t10?,11-/m0/s1. The van der Waals surface area contributed by atoms with E-state index >= 15 is 0 Å². The molecule has 1 N–H and O–H groups in total. The second-order valence-electron chi connectivity index (χ2n) is 3.69. The Morgan fingerprint density at radius 1 is 1.31 bits per heavy atom. The van der Waals surface area contributed by atoms with Gasteiger partial charge in [0.1, 0.15) is 0 Å². The van der Waals surface area contributed by atoms with Gasteiger partial charge < -0.3 is 5.11 Å². The minimum Gasteiger partial charge on any atom is -0.391 e. The Morgan fingerprint density at radius 3 is 2.54 bits per heavy atom. The predicted molar refractivity (Wildman–Crippen MR) is 52.4 cm³/mol. The molecule has 1 aromatic carbocycles. The normalized spacial score (nSPS) is 29.4. The summed E-state index contributed by atoms with van der Waals surface area (Å²) >= 11 is 0. The van der Waals surface area contributed by atoms with Crippen LogP contribution in [0.25, 0.3) is 0 Å². The third kappa shape index (κ3) is 1.60. The van der Waals surface area contributed by atoms with Crippen molar-refractivity contribution in [1.29, 1.82) is 0 Å². The molecule has 1 heterocycles. The number of hydrogen-bond donors (Lipinski definition) is 1. The van der Waals surface area contributed by atoms with E-state index in [1.165, 1.54) is 5.56 Å². The molecule has 13 heavy (non-hydrogen) atoms. The van der Waals surface area contributed by atoms with E-state index in [9.17, 15) is 5.11 Å². The van der Waals surface area contributed by atoms with Gasteiger partial charge in [0, 0.05) is 6.54 Å². The first-order valence-electron chi connectivity index (χ1n) is 4.72. The van der Waals surface area contributed by atoms with Crippen LogP contribution >= 0.6 is 0 Å². The Kier molecular flexibility index (Phi) is 2.34. The number of aliphatic hydroxyl groups excluding tert-OH is 1. The van der Waals surface area contributed by atoms with Crippen LogP contribution in [0.2, 0.25) is 0 Å². The quantitative estimate of drug-likeness (QED) is 0.701. The van der Waals surface area contributed by atoms with Gasteiger partial charge in [-0.2, -0.15) is 0 Å². The molecule has 0 amide bonds. The summed E-state index contributed by atoms with van der Waals surface area (Å²) in [6, 6.07) is 10.4.